The first-order valence-corrected chi connectivity index (χ1v) is 10.0. The van der Waals surface area contributed by atoms with Crippen molar-refractivity contribution in [3.8, 4) is 11.5 Å². The van der Waals surface area contributed by atoms with E-state index in [2.05, 4.69) is 20.4 Å². The Balaban J connectivity index is 0.00000450. The lowest BCUT2D eigenvalue weighted by atomic mass is 10.1. The van der Waals surface area contributed by atoms with Crippen molar-refractivity contribution in [3.63, 3.8) is 0 Å². The Labute approximate surface area is 193 Å². The first kappa shape index (κ1) is 26.2. The summed E-state index contributed by atoms with van der Waals surface area (Å²) in [7, 11) is 0. The Bertz CT molecular complexity index is 686. The molecule has 0 unspecified atom stereocenters. The van der Waals surface area contributed by atoms with Crippen LogP contribution in [0.5, 0.6) is 11.5 Å². The van der Waals surface area contributed by atoms with Crippen LogP contribution in [0.15, 0.2) is 23.2 Å². The number of benzene rings is 1. The summed E-state index contributed by atoms with van der Waals surface area (Å²) in [6.07, 6.45) is 3.22. The van der Waals surface area contributed by atoms with E-state index in [1.54, 1.807) is 25.1 Å². The third-order valence-electron chi connectivity index (χ3n) is 4.43. The largest absolute Gasteiger partial charge is 0.490 e. The van der Waals surface area contributed by atoms with Crippen molar-refractivity contribution in [1.29, 1.82) is 0 Å². The molecule has 1 amide bonds. The minimum Gasteiger partial charge on any atom is -0.490 e. The fourth-order valence-electron chi connectivity index (χ4n) is 3.10. The van der Waals surface area contributed by atoms with Crippen molar-refractivity contribution in [2.45, 2.75) is 46.3 Å². The number of nitrogens with one attached hydrogen (secondary N) is 2. The lowest BCUT2D eigenvalue weighted by Crippen LogP contribution is -2.46. The molecule has 170 valence electrons. The molecule has 2 N–H and O–H groups in total. The molecule has 0 bridgehead atoms. The van der Waals surface area contributed by atoms with Crippen LogP contribution in [-0.2, 0) is 11.3 Å². The molecule has 1 aromatic rings. The van der Waals surface area contributed by atoms with E-state index < -0.39 is 6.61 Å². The fraction of sp³-hybridized carbons (Fsp3) is 0.600. The lowest BCUT2D eigenvalue weighted by Gasteiger charge is -2.27. The van der Waals surface area contributed by atoms with Crippen LogP contribution in [0.4, 0.5) is 8.78 Å². The second-order valence-electron chi connectivity index (χ2n) is 6.55. The molecule has 0 atom stereocenters. The average Bonchev–Trinajstić information content (AvgIpc) is 2.72. The van der Waals surface area contributed by atoms with Gasteiger partial charge in [-0.25, -0.2) is 4.99 Å². The van der Waals surface area contributed by atoms with Crippen molar-refractivity contribution in [3.05, 3.63) is 23.8 Å². The predicted octanol–water partition coefficient (Wildman–Crippen LogP) is 3.37. The van der Waals surface area contributed by atoms with Crippen LogP contribution < -0.4 is 20.1 Å². The van der Waals surface area contributed by atoms with Crippen LogP contribution >= 0.6 is 24.0 Å². The van der Waals surface area contributed by atoms with E-state index in [4.69, 9.17) is 4.74 Å². The van der Waals surface area contributed by atoms with Gasteiger partial charge in [0.2, 0.25) is 5.91 Å². The van der Waals surface area contributed by atoms with Crippen LogP contribution in [0, 0.1) is 0 Å². The Hall–Kier alpha value is -1.85. The van der Waals surface area contributed by atoms with Gasteiger partial charge in [-0.3, -0.25) is 4.79 Å². The Morgan fingerprint density at radius 2 is 1.93 bits per heavy atom. The number of halogens is 3. The molecule has 1 aromatic carbocycles. The Morgan fingerprint density at radius 3 is 2.57 bits per heavy atom. The SMILES string of the molecule is CCNC(=NCc1cccc(OCC)c1OC(F)F)NCC(=O)N1CCCCC1.I. The number of hydrogen-bond donors (Lipinski definition) is 2. The van der Waals surface area contributed by atoms with Crippen LogP contribution in [0.25, 0.3) is 0 Å². The van der Waals surface area contributed by atoms with E-state index in [0.29, 0.717) is 24.7 Å². The van der Waals surface area contributed by atoms with Crippen molar-refractivity contribution in [1.82, 2.24) is 15.5 Å². The van der Waals surface area contributed by atoms with Crippen LogP contribution in [-0.4, -0.2) is 56.2 Å². The molecule has 1 aliphatic rings. The highest BCUT2D eigenvalue weighted by Gasteiger charge is 2.17. The number of nitrogens with zero attached hydrogens (tertiary/aromatic N) is 2. The first-order valence-electron chi connectivity index (χ1n) is 10.0. The summed E-state index contributed by atoms with van der Waals surface area (Å²) < 4.78 is 35.8. The zero-order valence-electron chi connectivity index (χ0n) is 17.5. The quantitative estimate of drug-likeness (QED) is 0.286. The molecule has 0 aliphatic carbocycles. The van der Waals surface area contributed by atoms with Crippen molar-refractivity contribution < 1.29 is 23.0 Å². The molecule has 7 nitrogen and oxygen atoms in total. The number of para-hydroxylation sites is 1. The molecular formula is C20H31F2IN4O3. The first-order chi connectivity index (χ1) is 14.0. The summed E-state index contributed by atoms with van der Waals surface area (Å²) in [5.41, 5.74) is 0.468. The van der Waals surface area contributed by atoms with E-state index >= 15 is 0 Å². The molecular weight excluding hydrogens is 509 g/mol. The molecule has 10 heteroatoms. The van der Waals surface area contributed by atoms with E-state index in [9.17, 15) is 13.6 Å². The third kappa shape index (κ3) is 8.49. The van der Waals surface area contributed by atoms with E-state index in [0.717, 1.165) is 32.4 Å². The van der Waals surface area contributed by atoms with E-state index in [1.165, 1.54) is 0 Å². The number of aliphatic imine (C=N–C) groups is 1. The third-order valence-corrected chi connectivity index (χ3v) is 4.43. The maximum Gasteiger partial charge on any atom is 0.387 e. The van der Waals surface area contributed by atoms with Gasteiger partial charge in [0.1, 0.15) is 0 Å². The number of ether oxygens (including phenoxy) is 2. The van der Waals surface area contributed by atoms with Crippen LogP contribution in [0.2, 0.25) is 0 Å². The molecule has 30 heavy (non-hydrogen) atoms. The number of piperidine rings is 1. The Kier molecular flexibility index (Phi) is 12.4. The van der Waals surface area contributed by atoms with Crippen molar-refractivity contribution in [2.75, 3.05) is 32.8 Å². The number of amides is 1. The average molecular weight is 540 g/mol. The molecule has 2 rings (SSSR count). The summed E-state index contributed by atoms with van der Waals surface area (Å²) in [4.78, 5) is 18.6. The van der Waals surface area contributed by atoms with Gasteiger partial charge in [-0.05, 0) is 39.2 Å². The molecule has 0 aromatic heterocycles. The monoisotopic (exact) mass is 540 g/mol. The van der Waals surface area contributed by atoms with Gasteiger partial charge in [0.05, 0.1) is 19.7 Å². The highest BCUT2D eigenvalue weighted by molar-refractivity contribution is 14.0. The molecule has 0 saturated carbocycles. The number of carbonyl (C=O) groups excluding carboxylic acids is 1. The number of carbonyl (C=O) groups is 1. The fourth-order valence-corrected chi connectivity index (χ4v) is 3.10. The summed E-state index contributed by atoms with van der Waals surface area (Å²) in [5.74, 6) is 0.685. The maximum atomic E-state index is 12.8. The van der Waals surface area contributed by atoms with E-state index in [-0.39, 0.29) is 54.5 Å². The second kappa shape index (κ2) is 14.2. The summed E-state index contributed by atoms with van der Waals surface area (Å²) in [6, 6.07) is 4.94. The van der Waals surface area contributed by atoms with Crippen LogP contribution in [0.1, 0.15) is 38.7 Å². The molecule has 0 spiro atoms. The zero-order chi connectivity index (χ0) is 21.1. The summed E-state index contributed by atoms with van der Waals surface area (Å²) in [5, 5.41) is 6.07. The molecule has 1 saturated heterocycles. The number of alkyl halides is 2. The van der Waals surface area contributed by atoms with Crippen molar-refractivity contribution in [2.24, 2.45) is 4.99 Å². The summed E-state index contributed by atoms with van der Waals surface area (Å²) >= 11 is 0. The minimum absolute atomic E-state index is 0. The van der Waals surface area contributed by atoms with Gasteiger partial charge in [-0.2, -0.15) is 8.78 Å². The molecule has 0 radical (unpaired) electrons. The van der Waals surface area contributed by atoms with Gasteiger partial charge in [0.15, 0.2) is 17.5 Å². The maximum absolute atomic E-state index is 12.8. The minimum atomic E-state index is -2.96. The van der Waals surface area contributed by atoms with Crippen molar-refractivity contribution >= 4 is 35.8 Å². The van der Waals surface area contributed by atoms with E-state index in [1.807, 2.05) is 11.8 Å². The topological polar surface area (TPSA) is 75.2 Å². The van der Waals surface area contributed by atoms with Gasteiger partial charge >= 0.3 is 6.61 Å². The summed E-state index contributed by atoms with van der Waals surface area (Å²) in [6.45, 7) is 3.43. The molecule has 1 aliphatic heterocycles. The van der Waals surface area contributed by atoms with Gasteiger partial charge in [0.25, 0.3) is 0 Å². The normalized spacial score (nSPS) is 14.2. The van der Waals surface area contributed by atoms with Gasteiger partial charge in [-0.1, -0.05) is 12.1 Å². The predicted molar refractivity (Wildman–Crippen MR) is 123 cm³/mol. The lowest BCUT2D eigenvalue weighted by molar-refractivity contribution is -0.130. The van der Waals surface area contributed by atoms with Gasteiger partial charge in [0, 0.05) is 25.2 Å². The number of likely N-dealkylation sites (tertiary alicyclic amines) is 1. The molecule has 1 heterocycles. The number of hydrogen-bond acceptors (Lipinski definition) is 4. The standard InChI is InChI=1S/C20H30F2N4O3.HI/c1-3-23-20(25-14-17(27)26-11-6-5-7-12-26)24-13-15-9-8-10-16(28-4-2)18(15)29-19(21)22;/h8-10,19H,3-7,11-14H2,1-2H3,(H2,23,24,25);1H. The van der Waals surface area contributed by atoms with Gasteiger partial charge in [-0.15, -0.1) is 24.0 Å². The number of guanidine groups is 1. The highest BCUT2D eigenvalue weighted by atomic mass is 127. The number of rotatable bonds is 9. The van der Waals surface area contributed by atoms with Gasteiger partial charge < -0.3 is 25.0 Å². The Morgan fingerprint density at radius 1 is 1.20 bits per heavy atom. The smallest absolute Gasteiger partial charge is 0.387 e. The zero-order valence-corrected chi connectivity index (χ0v) is 19.8. The molecule has 1 fully saturated rings. The highest BCUT2D eigenvalue weighted by Crippen LogP contribution is 2.33. The van der Waals surface area contributed by atoms with Crippen LogP contribution in [0.3, 0.4) is 0 Å². The second-order valence-corrected chi connectivity index (χ2v) is 6.55.